The Bertz CT molecular complexity index is 462. The number of rotatable bonds is 4. The van der Waals surface area contributed by atoms with E-state index in [1.165, 1.54) is 0 Å². The molecule has 7 nitrogen and oxygen atoms in total. The van der Waals surface area contributed by atoms with Gasteiger partial charge in [-0.3, -0.25) is 9.69 Å². The first-order valence-corrected chi connectivity index (χ1v) is 7.14. The third kappa shape index (κ3) is 2.99. The number of hydrogen-bond donors (Lipinski definition) is 1. The van der Waals surface area contributed by atoms with Gasteiger partial charge < -0.3 is 15.0 Å². The molecule has 0 aliphatic carbocycles. The van der Waals surface area contributed by atoms with E-state index >= 15 is 0 Å². The van der Waals surface area contributed by atoms with Gasteiger partial charge in [0.05, 0.1) is 13.2 Å². The van der Waals surface area contributed by atoms with E-state index in [0.717, 1.165) is 50.7 Å². The summed E-state index contributed by atoms with van der Waals surface area (Å²) >= 11 is 0. The van der Waals surface area contributed by atoms with Crippen LogP contribution < -0.4 is 5.73 Å². The molecule has 1 amide bonds. The van der Waals surface area contributed by atoms with Crippen LogP contribution >= 0.6 is 0 Å². The van der Waals surface area contributed by atoms with Gasteiger partial charge in [0, 0.05) is 18.4 Å². The van der Waals surface area contributed by atoms with E-state index in [1.807, 2.05) is 0 Å². The molecule has 2 N–H and O–H groups in total. The first-order chi connectivity index (χ1) is 9.72. The molecule has 2 saturated heterocycles. The molecule has 20 heavy (non-hydrogen) atoms. The van der Waals surface area contributed by atoms with E-state index in [4.69, 9.17) is 15.0 Å². The Labute approximate surface area is 117 Å². The van der Waals surface area contributed by atoms with Gasteiger partial charge >= 0.3 is 0 Å². The number of piperidine rings is 1. The third-order valence-electron chi connectivity index (χ3n) is 4.07. The van der Waals surface area contributed by atoms with Crippen molar-refractivity contribution in [3.05, 3.63) is 11.7 Å². The summed E-state index contributed by atoms with van der Waals surface area (Å²) in [5, 5.41) is 4.09. The highest BCUT2D eigenvalue weighted by molar-refractivity contribution is 5.75. The average Bonchev–Trinajstić information content (AvgIpc) is 3.10. The van der Waals surface area contributed by atoms with Crippen molar-refractivity contribution in [3.8, 4) is 0 Å². The molecule has 0 bridgehead atoms. The Morgan fingerprint density at radius 1 is 1.30 bits per heavy atom. The summed E-state index contributed by atoms with van der Waals surface area (Å²) < 4.78 is 10.8. The van der Waals surface area contributed by atoms with Gasteiger partial charge in [0.15, 0.2) is 5.82 Å². The molecule has 3 rings (SSSR count). The van der Waals surface area contributed by atoms with Gasteiger partial charge in [0.2, 0.25) is 11.8 Å². The Morgan fingerprint density at radius 3 is 2.75 bits per heavy atom. The van der Waals surface area contributed by atoms with Crippen LogP contribution in [0, 0.1) is 0 Å². The van der Waals surface area contributed by atoms with Gasteiger partial charge in [-0.25, -0.2) is 0 Å². The Hall–Kier alpha value is -1.47. The Balaban J connectivity index is 1.56. The van der Waals surface area contributed by atoms with Crippen LogP contribution in [0.4, 0.5) is 0 Å². The van der Waals surface area contributed by atoms with E-state index in [2.05, 4.69) is 15.0 Å². The van der Waals surface area contributed by atoms with Gasteiger partial charge in [0.1, 0.15) is 0 Å². The fourth-order valence-electron chi connectivity index (χ4n) is 2.88. The van der Waals surface area contributed by atoms with Crippen molar-refractivity contribution in [2.75, 3.05) is 32.8 Å². The van der Waals surface area contributed by atoms with Crippen LogP contribution in [0.5, 0.6) is 0 Å². The summed E-state index contributed by atoms with van der Waals surface area (Å²) in [7, 11) is 0. The first-order valence-electron chi connectivity index (χ1n) is 7.14. The summed E-state index contributed by atoms with van der Waals surface area (Å²) in [6.07, 6.45) is 2.82. The molecule has 110 valence electrons. The highest BCUT2D eigenvalue weighted by Crippen LogP contribution is 2.29. The normalized spacial score (nSPS) is 25.1. The number of aromatic nitrogens is 2. The maximum absolute atomic E-state index is 10.9. The first kappa shape index (κ1) is 13.5. The second kappa shape index (κ2) is 5.88. The molecule has 2 aliphatic heterocycles. The van der Waals surface area contributed by atoms with Crippen LogP contribution in [0.3, 0.4) is 0 Å². The second-order valence-corrected chi connectivity index (χ2v) is 5.57. The number of carbonyl (C=O) groups is 1. The van der Waals surface area contributed by atoms with Crippen LogP contribution in [0.15, 0.2) is 4.52 Å². The maximum atomic E-state index is 10.9. The number of ether oxygens (including phenoxy) is 1. The van der Waals surface area contributed by atoms with Crippen LogP contribution in [0.1, 0.15) is 42.8 Å². The largest absolute Gasteiger partial charge is 0.381 e. The molecular formula is C13H20N4O3. The molecule has 1 unspecified atom stereocenters. The van der Waals surface area contributed by atoms with Gasteiger partial charge in [0.25, 0.3) is 0 Å². The molecule has 1 aromatic heterocycles. The van der Waals surface area contributed by atoms with Gasteiger partial charge in [-0.15, -0.1) is 0 Å². The van der Waals surface area contributed by atoms with Crippen molar-refractivity contribution in [1.29, 1.82) is 0 Å². The Kier molecular flexibility index (Phi) is 3.98. The molecule has 0 aromatic carbocycles. The van der Waals surface area contributed by atoms with Crippen molar-refractivity contribution in [2.45, 2.75) is 31.1 Å². The zero-order chi connectivity index (χ0) is 13.9. The van der Waals surface area contributed by atoms with Crippen molar-refractivity contribution < 1.29 is 14.1 Å². The summed E-state index contributed by atoms with van der Waals surface area (Å²) in [6, 6.07) is 0. The monoisotopic (exact) mass is 280 g/mol. The fraction of sp³-hybridized carbons (Fsp3) is 0.769. The van der Waals surface area contributed by atoms with Crippen LogP contribution in [0.2, 0.25) is 0 Å². The Morgan fingerprint density at radius 2 is 2.10 bits per heavy atom. The smallest absolute Gasteiger partial charge is 0.231 e. The highest BCUT2D eigenvalue weighted by atomic mass is 16.5. The van der Waals surface area contributed by atoms with E-state index in [9.17, 15) is 4.79 Å². The van der Waals surface area contributed by atoms with Gasteiger partial charge in [-0.1, -0.05) is 5.16 Å². The minimum absolute atomic E-state index is 0.273. The zero-order valence-electron chi connectivity index (χ0n) is 11.5. The molecule has 7 heteroatoms. The molecule has 0 saturated carbocycles. The van der Waals surface area contributed by atoms with Crippen molar-refractivity contribution in [3.63, 3.8) is 0 Å². The van der Waals surface area contributed by atoms with Gasteiger partial charge in [-0.05, 0) is 32.4 Å². The number of carbonyl (C=O) groups excluding carboxylic acids is 1. The number of hydrogen-bond acceptors (Lipinski definition) is 6. The molecular weight excluding hydrogens is 260 g/mol. The summed E-state index contributed by atoms with van der Waals surface area (Å²) in [6.45, 7) is 3.49. The number of amides is 1. The predicted molar refractivity (Wildman–Crippen MR) is 70.1 cm³/mol. The summed E-state index contributed by atoms with van der Waals surface area (Å²) in [5.41, 5.74) is 5.21. The zero-order valence-corrected chi connectivity index (χ0v) is 11.5. The lowest BCUT2D eigenvalue weighted by atomic mass is 9.96. The standard InChI is InChI=1S/C13H20N4O3/c14-11(18)7-17-4-1-9(2-5-17)13-15-12(16-20-13)10-3-6-19-8-10/h9-10H,1-8H2,(H2,14,18). The molecule has 2 fully saturated rings. The number of primary amides is 1. The molecule has 1 aromatic rings. The summed E-state index contributed by atoms with van der Waals surface area (Å²) in [4.78, 5) is 17.5. The molecule has 2 aliphatic rings. The highest BCUT2D eigenvalue weighted by Gasteiger charge is 2.28. The summed E-state index contributed by atoms with van der Waals surface area (Å²) in [5.74, 6) is 1.80. The average molecular weight is 280 g/mol. The molecule has 0 radical (unpaired) electrons. The minimum Gasteiger partial charge on any atom is -0.381 e. The lowest BCUT2D eigenvalue weighted by Gasteiger charge is -2.29. The molecule has 1 atom stereocenters. The van der Waals surface area contributed by atoms with Crippen LogP contribution in [-0.2, 0) is 9.53 Å². The second-order valence-electron chi connectivity index (χ2n) is 5.57. The van der Waals surface area contributed by atoms with Crippen LogP contribution in [0.25, 0.3) is 0 Å². The SMILES string of the molecule is NC(=O)CN1CCC(c2nc(C3CCOC3)no2)CC1. The van der Waals surface area contributed by atoms with E-state index < -0.39 is 0 Å². The lowest BCUT2D eigenvalue weighted by Crippen LogP contribution is -2.39. The quantitative estimate of drug-likeness (QED) is 0.849. The fourth-order valence-corrected chi connectivity index (χ4v) is 2.88. The number of likely N-dealkylation sites (tertiary alicyclic amines) is 1. The molecule has 3 heterocycles. The van der Waals surface area contributed by atoms with Crippen molar-refractivity contribution in [1.82, 2.24) is 15.0 Å². The topological polar surface area (TPSA) is 94.5 Å². The predicted octanol–water partition coefficient (Wildman–Crippen LogP) is 0.238. The van der Waals surface area contributed by atoms with E-state index in [-0.39, 0.29) is 11.8 Å². The van der Waals surface area contributed by atoms with E-state index in [1.54, 1.807) is 0 Å². The number of nitrogens with zero attached hydrogens (tertiary/aromatic N) is 3. The third-order valence-corrected chi connectivity index (χ3v) is 4.07. The number of nitrogens with two attached hydrogens (primary N) is 1. The lowest BCUT2D eigenvalue weighted by molar-refractivity contribution is -0.119. The van der Waals surface area contributed by atoms with E-state index in [0.29, 0.717) is 19.1 Å². The van der Waals surface area contributed by atoms with Crippen molar-refractivity contribution >= 4 is 5.91 Å². The van der Waals surface area contributed by atoms with Gasteiger partial charge in [-0.2, -0.15) is 4.98 Å². The minimum atomic E-state index is -0.273. The van der Waals surface area contributed by atoms with Crippen LogP contribution in [-0.4, -0.2) is 53.8 Å². The van der Waals surface area contributed by atoms with Crippen molar-refractivity contribution in [2.24, 2.45) is 5.73 Å². The maximum Gasteiger partial charge on any atom is 0.231 e. The molecule has 0 spiro atoms.